The molecule has 7 nitrogen and oxygen atoms in total. The summed E-state index contributed by atoms with van der Waals surface area (Å²) in [6, 6.07) is 6.15. The lowest BCUT2D eigenvalue weighted by atomic mass is 10.2. The number of benzene rings is 1. The Bertz CT molecular complexity index is 1060. The highest BCUT2D eigenvalue weighted by molar-refractivity contribution is 6.05. The molecule has 0 radical (unpaired) electrons. The smallest absolute Gasteiger partial charge is 0.224 e. The molecule has 136 valence electrons. The van der Waals surface area contributed by atoms with E-state index >= 15 is 0 Å². The Morgan fingerprint density at radius 2 is 2.15 bits per heavy atom. The Labute approximate surface area is 157 Å². The van der Waals surface area contributed by atoms with Gasteiger partial charge >= 0.3 is 0 Å². The van der Waals surface area contributed by atoms with Crippen LogP contribution in [-0.4, -0.2) is 32.3 Å². The van der Waals surface area contributed by atoms with Crippen LogP contribution in [0.4, 0.5) is 11.8 Å². The number of nitrogens with zero attached hydrogens (tertiary/aromatic N) is 4. The molecule has 1 fully saturated rings. The molecule has 0 atom stereocenters. The topological polar surface area (TPSA) is 90.9 Å². The Hall–Kier alpha value is -3.22. The number of nitrogens with one attached hydrogen (secondary N) is 3. The van der Waals surface area contributed by atoms with Gasteiger partial charge in [-0.1, -0.05) is 6.07 Å². The molecule has 2 aromatic heterocycles. The van der Waals surface area contributed by atoms with Gasteiger partial charge in [0.05, 0.1) is 23.9 Å². The Morgan fingerprint density at radius 3 is 3.04 bits per heavy atom. The predicted molar refractivity (Wildman–Crippen MR) is 107 cm³/mol. The van der Waals surface area contributed by atoms with Gasteiger partial charge in [0.25, 0.3) is 0 Å². The molecular weight excluding hydrogens is 338 g/mol. The molecule has 3 heterocycles. The number of anilines is 2. The van der Waals surface area contributed by atoms with Gasteiger partial charge in [0.15, 0.2) is 0 Å². The largest absolute Gasteiger partial charge is 0.350 e. The Kier molecular flexibility index (Phi) is 3.85. The maximum Gasteiger partial charge on any atom is 0.224 e. The molecular formula is C20H21N7. The summed E-state index contributed by atoms with van der Waals surface area (Å²) in [5.74, 6) is 3.04. The average Bonchev–Trinajstić information content (AvgIpc) is 3.24. The molecule has 0 unspecified atom stereocenters. The quantitative estimate of drug-likeness (QED) is 0.649. The third-order valence-corrected chi connectivity index (χ3v) is 5.01. The molecule has 7 heteroatoms. The highest BCUT2D eigenvalue weighted by Crippen LogP contribution is 2.37. The fourth-order valence-corrected chi connectivity index (χ4v) is 3.27. The van der Waals surface area contributed by atoms with E-state index in [-0.39, 0.29) is 0 Å². The van der Waals surface area contributed by atoms with Crippen LogP contribution in [0.2, 0.25) is 0 Å². The minimum Gasteiger partial charge on any atom is -0.350 e. The maximum absolute atomic E-state index is 4.63. The van der Waals surface area contributed by atoms with Crippen molar-refractivity contribution in [2.75, 3.05) is 17.2 Å². The van der Waals surface area contributed by atoms with Crippen LogP contribution in [0.5, 0.6) is 0 Å². The van der Waals surface area contributed by atoms with Crippen LogP contribution in [-0.2, 0) is 6.54 Å². The molecule has 0 amide bonds. The monoisotopic (exact) mass is 359 g/mol. The lowest BCUT2D eigenvalue weighted by Gasteiger charge is -2.10. The van der Waals surface area contributed by atoms with E-state index in [1.54, 1.807) is 6.33 Å². The SMILES string of the molecule is Cc1cnc(NCc2ccc3nc[nH]c3c2)nc1NC1=NCC(C2CC2)=C1. The summed E-state index contributed by atoms with van der Waals surface area (Å²) in [5.41, 5.74) is 5.57. The van der Waals surface area contributed by atoms with Gasteiger partial charge < -0.3 is 15.6 Å². The van der Waals surface area contributed by atoms with Gasteiger partial charge in [-0.25, -0.2) is 9.97 Å². The van der Waals surface area contributed by atoms with Gasteiger partial charge in [-0.3, -0.25) is 4.99 Å². The summed E-state index contributed by atoms with van der Waals surface area (Å²) in [6.45, 7) is 3.46. The van der Waals surface area contributed by atoms with E-state index in [0.29, 0.717) is 12.5 Å². The van der Waals surface area contributed by atoms with Crippen LogP contribution in [0.3, 0.4) is 0 Å². The number of amidine groups is 1. The van der Waals surface area contributed by atoms with Gasteiger partial charge in [-0.15, -0.1) is 0 Å². The zero-order chi connectivity index (χ0) is 18.2. The number of hydrogen-bond donors (Lipinski definition) is 3. The minimum atomic E-state index is 0.595. The molecule has 0 bridgehead atoms. The van der Waals surface area contributed by atoms with Crippen molar-refractivity contribution in [2.45, 2.75) is 26.3 Å². The number of aliphatic imine (C=N–C) groups is 1. The molecule has 0 spiro atoms. The first-order chi connectivity index (χ1) is 13.2. The molecule has 3 N–H and O–H groups in total. The van der Waals surface area contributed by atoms with Gasteiger partial charge in [-0.2, -0.15) is 4.98 Å². The lowest BCUT2D eigenvalue weighted by molar-refractivity contribution is 0.959. The fraction of sp³-hybridized carbons (Fsp3) is 0.300. The third-order valence-electron chi connectivity index (χ3n) is 5.01. The van der Waals surface area contributed by atoms with E-state index in [1.165, 1.54) is 18.4 Å². The zero-order valence-electron chi connectivity index (χ0n) is 15.2. The average molecular weight is 359 g/mol. The second-order valence-electron chi connectivity index (χ2n) is 7.15. The first-order valence-electron chi connectivity index (χ1n) is 9.26. The number of aryl methyl sites for hydroxylation is 1. The summed E-state index contributed by atoms with van der Waals surface area (Å²) >= 11 is 0. The summed E-state index contributed by atoms with van der Waals surface area (Å²) in [6.07, 6.45) is 8.32. The second-order valence-corrected chi connectivity index (χ2v) is 7.15. The number of fused-ring (bicyclic) bond motifs is 1. The van der Waals surface area contributed by atoms with Crippen molar-refractivity contribution in [3.63, 3.8) is 0 Å². The lowest BCUT2D eigenvalue weighted by Crippen LogP contribution is -2.12. The second kappa shape index (κ2) is 6.50. The first-order valence-corrected chi connectivity index (χ1v) is 9.26. The highest BCUT2D eigenvalue weighted by atomic mass is 15.2. The molecule has 1 aliphatic carbocycles. The predicted octanol–water partition coefficient (Wildman–Crippen LogP) is 3.43. The van der Waals surface area contributed by atoms with Crippen LogP contribution in [0, 0.1) is 12.8 Å². The normalized spacial score (nSPS) is 16.3. The van der Waals surface area contributed by atoms with Crippen LogP contribution in [0.15, 0.2) is 47.4 Å². The first kappa shape index (κ1) is 16.0. The maximum atomic E-state index is 4.63. The van der Waals surface area contributed by atoms with Crippen LogP contribution in [0.1, 0.15) is 24.0 Å². The standard InChI is InChI=1S/C20H21N7/c1-12-8-22-20(23-9-13-2-5-16-17(6-13)25-11-24-16)27-19(12)26-18-7-15(10-21-18)14-3-4-14/h2,5-8,11,14H,3-4,9-10H2,1H3,(H,24,25)(H2,21,22,23,26,27). The van der Waals surface area contributed by atoms with Gasteiger partial charge in [-0.05, 0) is 55.0 Å². The van der Waals surface area contributed by atoms with Gasteiger partial charge in [0.1, 0.15) is 11.7 Å². The Morgan fingerprint density at radius 1 is 1.22 bits per heavy atom. The minimum absolute atomic E-state index is 0.595. The van der Waals surface area contributed by atoms with Crippen LogP contribution < -0.4 is 10.6 Å². The summed E-state index contributed by atoms with van der Waals surface area (Å²) < 4.78 is 0. The van der Waals surface area contributed by atoms with E-state index < -0.39 is 0 Å². The van der Waals surface area contributed by atoms with E-state index in [1.807, 2.05) is 19.2 Å². The van der Waals surface area contributed by atoms with Crippen molar-refractivity contribution in [1.29, 1.82) is 0 Å². The molecule has 1 saturated carbocycles. The highest BCUT2D eigenvalue weighted by Gasteiger charge is 2.28. The van der Waals surface area contributed by atoms with Crippen molar-refractivity contribution in [3.05, 3.63) is 53.5 Å². The number of aromatic nitrogens is 4. The number of rotatable bonds is 5. The van der Waals surface area contributed by atoms with E-state index in [2.05, 4.69) is 53.8 Å². The van der Waals surface area contributed by atoms with Crippen molar-refractivity contribution in [3.8, 4) is 0 Å². The fourth-order valence-electron chi connectivity index (χ4n) is 3.27. The summed E-state index contributed by atoms with van der Waals surface area (Å²) in [7, 11) is 0. The van der Waals surface area contributed by atoms with E-state index in [0.717, 1.165) is 46.3 Å². The van der Waals surface area contributed by atoms with E-state index in [9.17, 15) is 0 Å². The van der Waals surface area contributed by atoms with Crippen molar-refractivity contribution in [2.24, 2.45) is 10.9 Å². The van der Waals surface area contributed by atoms with Crippen LogP contribution in [0.25, 0.3) is 11.0 Å². The molecule has 27 heavy (non-hydrogen) atoms. The molecule has 2 aliphatic rings. The molecule has 0 saturated heterocycles. The molecule has 1 aromatic carbocycles. The number of imidazole rings is 1. The molecule has 1 aliphatic heterocycles. The van der Waals surface area contributed by atoms with Crippen molar-refractivity contribution < 1.29 is 0 Å². The van der Waals surface area contributed by atoms with E-state index in [4.69, 9.17) is 0 Å². The number of aromatic amines is 1. The Balaban J connectivity index is 1.28. The van der Waals surface area contributed by atoms with Crippen molar-refractivity contribution in [1.82, 2.24) is 19.9 Å². The van der Waals surface area contributed by atoms with Gasteiger partial charge in [0, 0.05) is 18.3 Å². The molecule has 5 rings (SSSR count). The van der Waals surface area contributed by atoms with Gasteiger partial charge in [0.2, 0.25) is 5.95 Å². The number of H-pyrrole nitrogens is 1. The zero-order valence-corrected chi connectivity index (χ0v) is 15.2. The third kappa shape index (κ3) is 3.40. The van der Waals surface area contributed by atoms with Crippen molar-refractivity contribution >= 4 is 28.6 Å². The summed E-state index contributed by atoms with van der Waals surface area (Å²) in [5, 5.41) is 6.65. The summed E-state index contributed by atoms with van der Waals surface area (Å²) in [4.78, 5) is 21.0. The van der Waals surface area contributed by atoms with Crippen LogP contribution >= 0.6 is 0 Å². The number of hydrogen-bond acceptors (Lipinski definition) is 6. The molecule has 3 aromatic rings.